The van der Waals surface area contributed by atoms with Gasteiger partial charge in [0.05, 0.1) is 7.11 Å². The van der Waals surface area contributed by atoms with E-state index in [4.69, 9.17) is 16.3 Å². The van der Waals surface area contributed by atoms with E-state index in [1.54, 1.807) is 18.3 Å². The minimum Gasteiger partial charge on any atom is -0.494 e. The average Bonchev–Trinajstić information content (AvgIpc) is 3.08. The third-order valence-corrected chi connectivity index (χ3v) is 5.80. The first kappa shape index (κ1) is 24.5. The van der Waals surface area contributed by atoms with E-state index in [-0.39, 0.29) is 6.03 Å². The quantitative estimate of drug-likeness (QED) is 0.452. The number of hydrogen-bond acceptors (Lipinski definition) is 5. The smallest absolute Gasteiger partial charge is 0.317 e. The lowest BCUT2D eigenvalue weighted by Gasteiger charge is -2.26. The lowest BCUT2D eigenvalue weighted by atomic mass is 10.2. The van der Waals surface area contributed by atoms with Crippen LogP contribution in [0.15, 0.2) is 60.3 Å². The molecular weight excluding hydrogens is 438 g/mol. The summed E-state index contributed by atoms with van der Waals surface area (Å²) in [6, 6.07) is 13.5. The monoisotopic (exact) mass is 469 g/mol. The normalized spacial score (nSPS) is 13.7. The number of hydrogen-bond donors (Lipinski definition) is 1. The molecule has 1 fully saturated rings. The van der Waals surface area contributed by atoms with Gasteiger partial charge < -0.3 is 19.9 Å². The molecule has 0 saturated carbocycles. The van der Waals surface area contributed by atoms with Gasteiger partial charge in [0.1, 0.15) is 11.4 Å². The van der Waals surface area contributed by atoms with Crippen molar-refractivity contribution in [2.45, 2.75) is 26.8 Å². The largest absolute Gasteiger partial charge is 0.494 e. The molecule has 0 radical (unpaired) electrons. The van der Waals surface area contributed by atoms with Crippen molar-refractivity contribution in [1.29, 1.82) is 0 Å². The number of benzene rings is 2. The van der Waals surface area contributed by atoms with Gasteiger partial charge in [-0.25, -0.2) is 9.80 Å². The number of nitrogens with one attached hydrogen (secondary N) is 1. The molecule has 0 aliphatic carbocycles. The minimum atomic E-state index is -0.0703. The Morgan fingerprint density at radius 2 is 2.00 bits per heavy atom. The number of carbonyl (C=O) groups is 1. The van der Waals surface area contributed by atoms with Gasteiger partial charge in [0.2, 0.25) is 0 Å². The number of ether oxygens (including phenoxy) is 1. The number of nitrogens with zero attached hydrogens (tertiary/aromatic N) is 4. The molecule has 2 amide bonds. The van der Waals surface area contributed by atoms with E-state index >= 15 is 0 Å². The molecule has 1 N–H and O–H groups in total. The van der Waals surface area contributed by atoms with E-state index < -0.39 is 0 Å². The first-order chi connectivity index (χ1) is 15.9. The molecular formula is C25H32ClN5O2. The zero-order valence-corrected chi connectivity index (χ0v) is 20.3. The Morgan fingerprint density at radius 3 is 2.70 bits per heavy atom. The standard InChI is InChI=1S/C25H32ClN5O2/c1-5-31(28-19(2)3)23-12-11-21(17-24(23)33-4)29-13-8-14-30(16-15-29)25(32)27-18-20-9-6-7-10-22(20)26/h5-7,9-12,17H,1,8,13-16,18H2,2-4H3,(H,27,32). The maximum absolute atomic E-state index is 12.7. The summed E-state index contributed by atoms with van der Waals surface area (Å²) in [6.45, 7) is 11.1. The zero-order valence-electron chi connectivity index (χ0n) is 19.6. The van der Waals surface area contributed by atoms with E-state index in [1.807, 2.05) is 55.1 Å². The Hall–Kier alpha value is -3.19. The Morgan fingerprint density at radius 1 is 1.21 bits per heavy atom. The first-order valence-corrected chi connectivity index (χ1v) is 11.4. The third kappa shape index (κ3) is 6.42. The van der Waals surface area contributed by atoms with Crippen molar-refractivity contribution >= 4 is 34.7 Å². The lowest BCUT2D eigenvalue weighted by molar-refractivity contribution is 0.201. The van der Waals surface area contributed by atoms with E-state index in [0.29, 0.717) is 24.7 Å². The number of halogens is 1. The molecule has 0 aromatic heterocycles. The fourth-order valence-electron chi connectivity index (χ4n) is 3.76. The summed E-state index contributed by atoms with van der Waals surface area (Å²) in [5.74, 6) is 0.719. The fraction of sp³-hybridized carbons (Fsp3) is 0.360. The molecule has 8 heteroatoms. The van der Waals surface area contributed by atoms with E-state index in [9.17, 15) is 4.79 Å². The molecule has 176 valence electrons. The average molecular weight is 470 g/mol. The topological polar surface area (TPSA) is 60.4 Å². The Labute approximate surface area is 201 Å². The molecule has 33 heavy (non-hydrogen) atoms. The maximum atomic E-state index is 12.7. The highest BCUT2D eigenvalue weighted by atomic mass is 35.5. The van der Waals surface area contributed by atoms with Crippen LogP contribution < -0.4 is 20.0 Å². The highest BCUT2D eigenvalue weighted by Crippen LogP contribution is 2.33. The Balaban J connectivity index is 1.65. The number of hydrazone groups is 1. The molecule has 1 aliphatic heterocycles. The van der Waals surface area contributed by atoms with Crippen LogP contribution in [0.1, 0.15) is 25.8 Å². The van der Waals surface area contributed by atoms with Gasteiger partial charge in [0, 0.05) is 61.4 Å². The van der Waals surface area contributed by atoms with Crippen LogP contribution in [-0.4, -0.2) is 49.9 Å². The second-order valence-corrected chi connectivity index (χ2v) is 8.42. The van der Waals surface area contributed by atoms with Crippen molar-refractivity contribution < 1.29 is 9.53 Å². The molecule has 0 unspecified atom stereocenters. The van der Waals surface area contributed by atoms with Crippen LogP contribution in [0.2, 0.25) is 5.02 Å². The van der Waals surface area contributed by atoms with Crippen LogP contribution in [0.5, 0.6) is 5.75 Å². The zero-order chi connectivity index (χ0) is 23.8. The van der Waals surface area contributed by atoms with Gasteiger partial charge in [-0.3, -0.25) is 0 Å². The lowest BCUT2D eigenvalue weighted by Crippen LogP contribution is -2.41. The summed E-state index contributed by atoms with van der Waals surface area (Å²) in [6.07, 6.45) is 2.54. The number of urea groups is 1. The van der Waals surface area contributed by atoms with Crippen molar-refractivity contribution in [3.8, 4) is 5.75 Å². The second kappa shape index (κ2) is 11.6. The number of anilines is 2. The molecule has 0 spiro atoms. The molecule has 3 rings (SSSR count). The van der Waals surface area contributed by atoms with Crippen LogP contribution in [0.3, 0.4) is 0 Å². The third-order valence-electron chi connectivity index (χ3n) is 5.43. The van der Waals surface area contributed by atoms with Gasteiger partial charge in [-0.1, -0.05) is 36.4 Å². The molecule has 0 atom stereocenters. The number of methoxy groups -OCH3 is 1. The summed E-state index contributed by atoms with van der Waals surface area (Å²) < 4.78 is 5.64. The van der Waals surface area contributed by atoms with Crippen LogP contribution in [0, 0.1) is 0 Å². The minimum absolute atomic E-state index is 0.0703. The molecule has 2 aromatic rings. The molecule has 1 saturated heterocycles. The first-order valence-electron chi connectivity index (χ1n) is 11.1. The van der Waals surface area contributed by atoms with E-state index in [1.165, 1.54) is 0 Å². The molecule has 1 aliphatic rings. The second-order valence-electron chi connectivity index (χ2n) is 8.01. The SMILES string of the molecule is C=CN(N=C(C)C)c1ccc(N2CCCN(C(=O)NCc3ccccc3Cl)CC2)cc1OC. The molecule has 7 nitrogen and oxygen atoms in total. The van der Waals surface area contributed by atoms with Crippen molar-refractivity contribution in [2.24, 2.45) is 5.10 Å². The van der Waals surface area contributed by atoms with Crippen molar-refractivity contribution in [3.63, 3.8) is 0 Å². The molecule has 2 aromatic carbocycles. The van der Waals surface area contributed by atoms with Gasteiger partial charge in [-0.15, -0.1) is 0 Å². The molecule has 0 bridgehead atoms. The van der Waals surface area contributed by atoms with Gasteiger partial charge in [0.25, 0.3) is 0 Å². The van der Waals surface area contributed by atoms with Gasteiger partial charge in [-0.05, 0) is 44.0 Å². The predicted octanol–water partition coefficient (Wildman–Crippen LogP) is 5.12. The van der Waals surface area contributed by atoms with Crippen molar-refractivity contribution in [3.05, 3.63) is 65.8 Å². The van der Waals surface area contributed by atoms with Crippen molar-refractivity contribution in [1.82, 2.24) is 10.2 Å². The summed E-state index contributed by atoms with van der Waals surface area (Å²) in [7, 11) is 1.65. The summed E-state index contributed by atoms with van der Waals surface area (Å²) in [4.78, 5) is 16.9. The summed E-state index contributed by atoms with van der Waals surface area (Å²) in [5, 5.41) is 9.85. The van der Waals surface area contributed by atoms with E-state index in [2.05, 4.69) is 28.0 Å². The fourth-order valence-corrected chi connectivity index (χ4v) is 3.97. The number of rotatable bonds is 7. The Kier molecular flexibility index (Phi) is 8.60. The van der Waals surface area contributed by atoms with Crippen LogP contribution in [0.4, 0.5) is 16.2 Å². The number of carbonyl (C=O) groups excluding carboxylic acids is 1. The maximum Gasteiger partial charge on any atom is 0.317 e. The van der Waals surface area contributed by atoms with Gasteiger partial charge >= 0.3 is 6.03 Å². The number of amides is 2. The Bertz CT molecular complexity index is 1010. The molecule has 1 heterocycles. The summed E-state index contributed by atoms with van der Waals surface area (Å²) in [5.41, 5.74) is 3.71. The predicted molar refractivity (Wildman–Crippen MR) is 137 cm³/mol. The van der Waals surface area contributed by atoms with Crippen LogP contribution >= 0.6 is 11.6 Å². The highest BCUT2D eigenvalue weighted by molar-refractivity contribution is 6.31. The van der Waals surface area contributed by atoms with Gasteiger partial charge in [-0.2, -0.15) is 5.10 Å². The highest BCUT2D eigenvalue weighted by Gasteiger charge is 2.20. The van der Waals surface area contributed by atoms with Crippen molar-refractivity contribution in [2.75, 3.05) is 43.2 Å². The van der Waals surface area contributed by atoms with Crippen LogP contribution in [-0.2, 0) is 6.54 Å². The van der Waals surface area contributed by atoms with Crippen LogP contribution in [0.25, 0.3) is 0 Å². The van der Waals surface area contributed by atoms with Gasteiger partial charge in [0.15, 0.2) is 0 Å². The van der Waals surface area contributed by atoms with E-state index in [0.717, 1.165) is 47.9 Å². The summed E-state index contributed by atoms with van der Waals surface area (Å²) >= 11 is 6.20.